The van der Waals surface area contributed by atoms with Gasteiger partial charge in [0.25, 0.3) is 0 Å². The molecule has 37 heavy (non-hydrogen) atoms. The van der Waals surface area contributed by atoms with Gasteiger partial charge < -0.3 is 19.5 Å². The van der Waals surface area contributed by atoms with Crippen molar-refractivity contribution >= 4 is 28.7 Å². The van der Waals surface area contributed by atoms with Crippen molar-refractivity contribution in [3.8, 4) is 5.75 Å². The standard InChI is InChI=1S/C31H31N3O3/c1-4-19-15-34(16-26(37)28-18(2)33(3)24-10-6-5-8-20(24)28)13-12-31-23-9-7-11-25(36)29(23)32-30(31)22(17-35)21(19)14-27(31)34/h4-11,17,21,27H,12-16H2,1-3H3,(H-,32,35,36)/p+1/b19-4-/t21-,27+,31+,34?/m0/s1. The number of hydrogen-bond donors (Lipinski definition) is 2. The lowest BCUT2D eigenvalue weighted by atomic mass is 9.61. The number of hydrogen-bond acceptors (Lipinski definition) is 4. The summed E-state index contributed by atoms with van der Waals surface area (Å²) in [5, 5.41) is 15.3. The summed E-state index contributed by atoms with van der Waals surface area (Å²) in [6.07, 6.45) is 4.87. The Bertz CT molecular complexity index is 1590. The minimum Gasteiger partial charge on any atom is -0.506 e. The van der Waals surface area contributed by atoms with E-state index in [4.69, 9.17) is 0 Å². The van der Waals surface area contributed by atoms with Crippen molar-refractivity contribution in [2.24, 2.45) is 13.0 Å². The molecule has 1 aromatic heterocycles. The average Bonchev–Trinajstić information content (AvgIpc) is 3.51. The maximum atomic E-state index is 14.2. The molecule has 7 rings (SSSR count). The number of Topliss-reactive ketones (excluding diaryl/α,β-unsaturated/α-hetero) is 1. The number of carbonyl (C=O) groups is 2. The van der Waals surface area contributed by atoms with Gasteiger partial charge in [-0.2, -0.15) is 0 Å². The van der Waals surface area contributed by atoms with E-state index in [1.165, 1.54) is 5.57 Å². The van der Waals surface area contributed by atoms with Crippen LogP contribution in [0, 0.1) is 12.8 Å². The van der Waals surface area contributed by atoms with Crippen LogP contribution in [0.4, 0.5) is 5.69 Å². The number of para-hydroxylation sites is 2. The number of benzene rings is 2. The minimum absolute atomic E-state index is 0.0540. The summed E-state index contributed by atoms with van der Waals surface area (Å²) in [6, 6.07) is 14.0. The third kappa shape index (κ3) is 2.64. The zero-order chi connectivity index (χ0) is 25.7. The SMILES string of the molecule is C/C=C1/C[N+]2(CC(=O)c3c(C)n(C)c4ccccc34)CC[C@]34C(=C(C=O)[C@H]1C[C@H]32)Nc1c(O)cccc14. The van der Waals surface area contributed by atoms with Gasteiger partial charge in [0, 0.05) is 53.7 Å². The van der Waals surface area contributed by atoms with Gasteiger partial charge >= 0.3 is 0 Å². The Morgan fingerprint density at radius 2 is 2.05 bits per heavy atom. The number of nitrogens with zero attached hydrogens (tertiary/aromatic N) is 2. The van der Waals surface area contributed by atoms with Gasteiger partial charge in [-0.05, 0) is 37.1 Å². The van der Waals surface area contributed by atoms with Crippen LogP contribution in [0.3, 0.4) is 0 Å². The molecule has 4 heterocycles. The molecule has 6 heteroatoms. The fraction of sp³-hybridized carbons (Fsp3) is 0.355. The number of quaternary nitrogens is 1. The van der Waals surface area contributed by atoms with Crippen molar-refractivity contribution in [3.63, 3.8) is 0 Å². The molecule has 188 valence electrons. The molecular formula is C31H32N3O3+. The lowest BCUT2D eigenvalue weighted by Gasteiger charge is -2.53. The summed E-state index contributed by atoms with van der Waals surface area (Å²) in [6.45, 7) is 6.17. The molecule has 0 radical (unpaired) electrons. The van der Waals surface area contributed by atoms with Gasteiger partial charge in [-0.15, -0.1) is 0 Å². The number of phenols is 1. The summed E-state index contributed by atoms with van der Waals surface area (Å²) in [5.74, 6) is 0.458. The fourth-order valence-corrected chi connectivity index (χ4v) is 8.42. The second-order valence-corrected chi connectivity index (χ2v) is 11.4. The largest absolute Gasteiger partial charge is 0.506 e. The molecule has 2 bridgehead atoms. The van der Waals surface area contributed by atoms with E-state index < -0.39 is 0 Å². The highest BCUT2D eigenvalue weighted by atomic mass is 16.3. The summed E-state index contributed by atoms with van der Waals surface area (Å²) in [5.41, 5.74) is 7.34. The Labute approximate surface area is 216 Å². The van der Waals surface area contributed by atoms with Gasteiger partial charge in [-0.1, -0.05) is 36.4 Å². The molecule has 2 saturated heterocycles. The number of anilines is 1. The third-order valence-electron chi connectivity index (χ3n) is 10.1. The number of aldehydes is 1. The second kappa shape index (κ2) is 7.45. The topological polar surface area (TPSA) is 71.3 Å². The average molecular weight is 495 g/mol. The monoisotopic (exact) mass is 494 g/mol. The van der Waals surface area contributed by atoms with Crippen molar-refractivity contribution < 1.29 is 19.2 Å². The van der Waals surface area contributed by atoms with E-state index in [1.54, 1.807) is 6.07 Å². The number of aromatic nitrogens is 1. The van der Waals surface area contributed by atoms with E-state index in [2.05, 4.69) is 41.1 Å². The number of phenolic OH excluding ortho intramolecular Hbond substituents is 1. The molecule has 2 N–H and O–H groups in total. The van der Waals surface area contributed by atoms with Crippen molar-refractivity contribution in [2.75, 3.05) is 25.0 Å². The minimum atomic E-state index is -0.381. The first-order valence-electron chi connectivity index (χ1n) is 13.2. The van der Waals surface area contributed by atoms with Crippen LogP contribution < -0.4 is 5.32 Å². The van der Waals surface area contributed by atoms with E-state index in [9.17, 15) is 14.7 Å². The van der Waals surface area contributed by atoms with Crippen LogP contribution in [0.15, 0.2) is 65.4 Å². The molecule has 0 amide bonds. The van der Waals surface area contributed by atoms with Gasteiger partial charge in [0.15, 0.2) is 0 Å². The molecule has 4 atom stereocenters. The molecule has 2 aromatic carbocycles. The summed E-state index contributed by atoms with van der Waals surface area (Å²) in [7, 11) is 2.03. The maximum absolute atomic E-state index is 14.2. The zero-order valence-electron chi connectivity index (χ0n) is 21.5. The Balaban J connectivity index is 1.40. The number of rotatable bonds is 4. The molecule has 1 spiro atoms. The number of piperidine rings is 1. The molecule has 3 aromatic rings. The van der Waals surface area contributed by atoms with Gasteiger partial charge in [0.1, 0.15) is 31.2 Å². The first kappa shape index (κ1) is 22.5. The third-order valence-corrected chi connectivity index (χ3v) is 10.1. The van der Waals surface area contributed by atoms with Gasteiger partial charge in [-0.25, -0.2) is 0 Å². The van der Waals surface area contributed by atoms with Crippen molar-refractivity contribution in [1.82, 2.24) is 4.57 Å². The maximum Gasteiger partial charge on any atom is 0.219 e. The molecule has 1 unspecified atom stereocenters. The van der Waals surface area contributed by atoms with E-state index in [1.807, 2.05) is 32.2 Å². The van der Waals surface area contributed by atoms with E-state index >= 15 is 0 Å². The molecule has 0 saturated carbocycles. The smallest absolute Gasteiger partial charge is 0.219 e. The predicted molar refractivity (Wildman–Crippen MR) is 144 cm³/mol. The fourth-order valence-electron chi connectivity index (χ4n) is 8.42. The Morgan fingerprint density at radius 3 is 2.84 bits per heavy atom. The van der Waals surface area contributed by atoms with Crippen LogP contribution in [-0.4, -0.2) is 51.9 Å². The summed E-state index contributed by atoms with van der Waals surface area (Å²) >= 11 is 0. The van der Waals surface area contributed by atoms with Gasteiger partial charge in [-0.3, -0.25) is 9.59 Å². The normalized spacial score (nSPS) is 30.4. The van der Waals surface area contributed by atoms with Crippen LogP contribution in [-0.2, 0) is 17.3 Å². The lowest BCUT2D eigenvalue weighted by Crippen LogP contribution is -2.64. The highest BCUT2D eigenvalue weighted by molar-refractivity contribution is 6.10. The van der Waals surface area contributed by atoms with E-state index in [0.717, 1.165) is 76.9 Å². The number of carbonyl (C=O) groups excluding carboxylic acids is 2. The van der Waals surface area contributed by atoms with Crippen LogP contribution in [0.5, 0.6) is 5.75 Å². The highest BCUT2D eigenvalue weighted by Gasteiger charge is 2.69. The molecular weight excluding hydrogens is 462 g/mol. The number of fused-ring (bicyclic) bond motifs is 3. The molecule has 2 fully saturated rings. The number of aromatic hydroxyl groups is 1. The zero-order valence-corrected chi connectivity index (χ0v) is 21.5. The predicted octanol–water partition coefficient (Wildman–Crippen LogP) is 4.76. The van der Waals surface area contributed by atoms with Crippen molar-refractivity contribution in [3.05, 3.63) is 82.2 Å². The van der Waals surface area contributed by atoms with Crippen LogP contribution in [0.1, 0.15) is 41.4 Å². The quantitative estimate of drug-likeness (QED) is 0.180. The number of nitrogens with one attached hydrogen (secondary N) is 1. The van der Waals surface area contributed by atoms with Crippen molar-refractivity contribution in [2.45, 2.75) is 38.1 Å². The lowest BCUT2D eigenvalue weighted by molar-refractivity contribution is -0.934. The van der Waals surface area contributed by atoms with E-state index in [-0.39, 0.29) is 28.9 Å². The van der Waals surface area contributed by atoms with Crippen LogP contribution in [0.2, 0.25) is 0 Å². The Morgan fingerprint density at radius 1 is 1.24 bits per heavy atom. The van der Waals surface area contributed by atoms with Crippen LogP contribution >= 0.6 is 0 Å². The second-order valence-electron chi connectivity index (χ2n) is 11.4. The molecule has 4 aliphatic rings. The van der Waals surface area contributed by atoms with E-state index in [0.29, 0.717) is 11.0 Å². The first-order valence-corrected chi connectivity index (χ1v) is 13.2. The number of aryl methyl sites for hydroxylation is 1. The van der Waals surface area contributed by atoms with Gasteiger partial charge in [0.2, 0.25) is 5.78 Å². The van der Waals surface area contributed by atoms with Gasteiger partial charge in [0.05, 0.1) is 23.2 Å². The molecule has 6 nitrogen and oxygen atoms in total. The Kier molecular flexibility index (Phi) is 4.54. The Hall–Kier alpha value is -3.64. The number of ketones is 1. The van der Waals surface area contributed by atoms with Crippen LogP contribution in [0.25, 0.3) is 10.9 Å². The molecule has 3 aliphatic heterocycles. The molecule has 1 aliphatic carbocycles. The first-order chi connectivity index (χ1) is 17.9. The summed E-state index contributed by atoms with van der Waals surface area (Å²) in [4.78, 5) is 26.8. The number of allylic oxidation sites excluding steroid dienone is 2. The summed E-state index contributed by atoms with van der Waals surface area (Å²) < 4.78 is 2.82. The highest BCUT2D eigenvalue weighted by Crippen LogP contribution is 2.64. The van der Waals surface area contributed by atoms with Crippen molar-refractivity contribution in [1.29, 1.82) is 0 Å².